The smallest absolute Gasteiger partial charge is 0.310 e. The van der Waals surface area contributed by atoms with Gasteiger partial charge in [0.05, 0.1) is 15.8 Å². The molecule has 3 nitrogen and oxygen atoms in total. The minimum atomic E-state index is -0.237. The predicted octanol–water partition coefficient (Wildman–Crippen LogP) is 4.28. The number of ether oxygens (including phenoxy) is 1. The summed E-state index contributed by atoms with van der Waals surface area (Å²) in [5, 5.41) is 0.866. The number of nitrogens with zero attached hydrogens (tertiary/aromatic N) is 1. The molecule has 2 aromatic carbocycles. The van der Waals surface area contributed by atoms with Gasteiger partial charge in [-0.3, -0.25) is 4.79 Å². The molecule has 0 saturated carbocycles. The quantitative estimate of drug-likeness (QED) is 0.532. The molecule has 0 saturated heterocycles. The first-order valence-electron chi connectivity index (χ1n) is 6.43. The van der Waals surface area contributed by atoms with Crippen molar-refractivity contribution in [3.63, 3.8) is 0 Å². The summed E-state index contributed by atoms with van der Waals surface area (Å²) in [6, 6.07) is 15.5. The molecule has 3 rings (SSSR count). The Balaban J connectivity index is 2.07. The zero-order valence-electron chi connectivity index (χ0n) is 11.0. The van der Waals surface area contributed by atoms with E-state index in [1.54, 1.807) is 24.3 Å². The standard InChI is InChI=1S/C16H13NO2S/c1-2-15(18)19-13-9-5-3-7-11(13)16-17-12-8-4-6-10-14(12)20-16/h3-10H,2H2,1H3. The monoisotopic (exact) mass is 283 g/mol. The van der Waals surface area contributed by atoms with Crippen LogP contribution in [0.25, 0.3) is 20.8 Å². The van der Waals surface area contributed by atoms with E-state index in [0.717, 1.165) is 20.8 Å². The van der Waals surface area contributed by atoms with Gasteiger partial charge in [0.25, 0.3) is 0 Å². The molecule has 3 aromatic rings. The molecule has 0 spiro atoms. The molecule has 20 heavy (non-hydrogen) atoms. The predicted molar refractivity (Wildman–Crippen MR) is 81.0 cm³/mol. The first-order chi connectivity index (χ1) is 9.78. The van der Waals surface area contributed by atoms with Gasteiger partial charge in [-0.05, 0) is 24.3 Å². The highest BCUT2D eigenvalue weighted by Gasteiger charge is 2.13. The highest BCUT2D eigenvalue weighted by Crippen LogP contribution is 2.35. The summed E-state index contributed by atoms with van der Waals surface area (Å²) in [6.07, 6.45) is 0.355. The van der Waals surface area contributed by atoms with Gasteiger partial charge in [-0.25, -0.2) is 4.98 Å². The summed E-state index contributed by atoms with van der Waals surface area (Å²) in [5.41, 5.74) is 1.82. The number of thiazole rings is 1. The molecule has 0 radical (unpaired) electrons. The van der Waals surface area contributed by atoms with E-state index in [0.29, 0.717) is 12.2 Å². The lowest BCUT2D eigenvalue weighted by Crippen LogP contribution is -2.06. The van der Waals surface area contributed by atoms with E-state index in [1.807, 2.05) is 42.5 Å². The van der Waals surface area contributed by atoms with Crippen LogP contribution in [0.5, 0.6) is 5.75 Å². The van der Waals surface area contributed by atoms with Gasteiger partial charge in [0.1, 0.15) is 10.8 Å². The van der Waals surface area contributed by atoms with Crippen LogP contribution in [0, 0.1) is 0 Å². The SMILES string of the molecule is CCC(=O)Oc1ccccc1-c1nc2ccccc2s1. The molecule has 0 N–H and O–H groups in total. The Bertz CT molecular complexity index is 731. The van der Waals surface area contributed by atoms with Crippen molar-refractivity contribution in [2.24, 2.45) is 0 Å². The van der Waals surface area contributed by atoms with Gasteiger partial charge in [-0.15, -0.1) is 11.3 Å². The molecule has 100 valence electrons. The van der Waals surface area contributed by atoms with Gasteiger partial charge in [-0.1, -0.05) is 31.2 Å². The lowest BCUT2D eigenvalue weighted by Gasteiger charge is -2.06. The number of rotatable bonds is 3. The fraction of sp³-hybridized carbons (Fsp3) is 0.125. The van der Waals surface area contributed by atoms with Crippen LogP contribution < -0.4 is 4.74 Å². The number of hydrogen-bond donors (Lipinski definition) is 0. The second kappa shape index (κ2) is 5.43. The summed E-state index contributed by atoms with van der Waals surface area (Å²) in [7, 11) is 0. The minimum Gasteiger partial charge on any atom is -0.426 e. The molecule has 0 aliphatic heterocycles. The number of para-hydroxylation sites is 2. The van der Waals surface area contributed by atoms with E-state index in [-0.39, 0.29) is 5.97 Å². The largest absolute Gasteiger partial charge is 0.426 e. The fourth-order valence-corrected chi connectivity index (χ4v) is 2.91. The van der Waals surface area contributed by atoms with E-state index in [2.05, 4.69) is 4.98 Å². The third-order valence-electron chi connectivity index (χ3n) is 2.92. The second-order valence-corrected chi connectivity index (χ2v) is 5.34. The third kappa shape index (κ3) is 2.42. The number of carbonyl (C=O) groups excluding carboxylic acids is 1. The first kappa shape index (κ1) is 12.8. The average molecular weight is 283 g/mol. The molecule has 0 unspecified atom stereocenters. The van der Waals surface area contributed by atoms with Crippen LogP contribution in [0.15, 0.2) is 48.5 Å². The van der Waals surface area contributed by atoms with Gasteiger partial charge in [0.15, 0.2) is 0 Å². The van der Waals surface area contributed by atoms with Crippen molar-refractivity contribution >= 4 is 27.5 Å². The summed E-state index contributed by atoms with van der Waals surface area (Å²) in [5.74, 6) is 0.331. The van der Waals surface area contributed by atoms with Gasteiger partial charge < -0.3 is 4.74 Å². The van der Waals surface area contributed by atoms with E-state index in [9.17, 15) is 4.79 Å². The van der Waals surface area contributed by atoms with Crippen LogP contribution in [0.3, 0.4) is 0 Å². The molecular weight excluding hydrogens is 270 g/mol. The summed E-state index contributed by atoms with van der Waals surface area (Å²) < 4.78 is 6.50. The Morgan fingerprint density at radius 2 is 1.90 bits per heavy atom. The number of esters is 1. The molecule has 0 aliphatic rings. The minimum absolute atomic E-state index is 0.237. The lowest BCUT2D eigenvalue weighted by atomic mass is 10.2. The molecule has 1 aromatic heterocycles. The number of benzene rings is 2. The lowest BCUT2D eigenvalue weighted by molar-refractivity contribution is -0.133. The highest BCUT2D eigenvalue weighted by molar-refractivity contribution is 7.21. The molecule has 0 fully saturated rings. The Labute approximate surface area is 120 Å². The van der Waals surface area contributed by atoms with Gasteiger partial charge in [0, 0.05) is 6.42 Å². The summed E-state index contributed by atoms with van der Waals surface area (Å²) in [6.45, 7) is 1.78. The maximum absolute atomic E-state index is 11.5. The molecule has 1 heterocycles. The summed E-state index contributed by atoms with van der Waals surface area (Å²) >= 11 is 1.60. The highest BCUT2D eigenvalue weighted by atomic mass is 32.1. The zero-order chi connectivity index (χ0) is 13.9. The Morgan fingerprint density at radius 1 is 1.15 bits per heavy atom. The normalized spacial score (nSPS) is 10.7. The number of carbonyl (C=O) groups is 1. The maximum Gasteiger partial charge on any atom is 0.310 e. The molecule has 0 atom stereocenters. The maximum atomic E-state index is 11.5. The second-order valence-electron chi connectivity index (χ2n) is 4.31. The third-order valence-corrected chi connectivity index (χ3v) is 3.99. The molecular formula is C16H13NO2S. The molecule has 0 bridgehead atoms. The van der Waals surface area contributed by atoms with Crippen molar-refractivity contribution < 1.29 is 9.53 Å². The van der Waals surface area contributed by atoms with Gasteiger partial charge >= 0.3 is 5.97 Å². The van der Waals surface area contributed by atoms with Crippen molar-refractivity contribution in [3.05, 3.63) is 48.5 Å². The van der Waals surface area contributed by atoms with Crippen LogP contribution in [-0.2, 0) is 4.79 Å². The van der Waals surface area contributed by atoms with Crippen LogP contribution in [0.4, 0.5) is 0 Å². The van der Waals surface area contributed by atoms with Crippen LogP contribution in [-0.4, -0.2) is 11.0 Å². The average Bonchev–Trinajstić information content (AvgIpc) is 2.91. The van der Waals surface area contributed by atoms with Crippen molar-refractivity contribution in [1.82, 2.24) is 4.98 Å². The Kier molecular flexibility index (Phi) is 3.48. The molecule has 0 amide bonds. The van der Waals surface area contributed by atoms with Crippen molar-refractivity contribution in [2.75, 3.05) is 0 Å². The topological polar surface area (TPSA) is 39.2 Å². The van der Waals surface area contributed by atoms with Crippen molar-refractivity contribution in [1.29, 1.82) is 0 Å². The number of hydrogen-bond acceptors (Lipinski definition) is 4. The van der Waals surface area contributed by atoms with E-state index >= 15 is 0 Å². The van der Waals surface area contributed by atoms with Crippen LogP contribution >= 0.6 is 11.3 Å². The van der Waals surface area contributed by atoms with E-state index in [1.165, 1.54) is 0 Å². The van der Waals surface area contributed by atoms with Crippen LogP contribution in [0.1, 0.15) is 13.3 Å². The zero-order valence-corrected chi connectivity index (χ0v) is 11.8. The molecule has 4 heteroatoms. The fourth-order valence-electron chi connectivity index (χ4n) is 1.91. The summed E-state index contributed by atoms with van der Waals surface area (Å²) in [4.78, 5) is 16.1. The molecule has 0 aliphatic carbocycles. The number of aromatic nitrogens is 1. The first-order valence-corrected chi connectivity index (χ1v) is 7.25. The Morgan fingerprint density at radius 3 is 2.70 bits per heavy atom. The van der Waals surface area contributed by atoms with Gasteiger partial charge in [0.2, 0.25) is 0 Å². The number of fused-ring (bicyclic) bond motifs is 1. The van der Waals surface area contributed by atoms with E-state index < -0.39 is 0 Å². The van der Waals surface area contributed by atoms with Crippen molar-refractivity contribution in [2.45, 2.75) is 13.3 Å². The Hall–Kier alpha value is -2.20. The van der Waals surface area contributed by atoms with Gasteiger partial charge in [-0.2, -0.15) is 0 Å². The van der Waals surface area contributed by atoms with E-state index in [4.69, 9.17) is 4.74 Å². The van der Waals surface area contributed by atoms with Crippen molar-refractivity contribution in [3.8, 4) is 16.3 Å². The van der Waals surface area contributed by atoms with Crippen LogP contribution in [0.2, 0.25) is 0 Å².